The van der Waals surface area contributed by atoms with Crippen LogP contribution in [0.5, 0.6) is 0 Å². The second-order valence-electron chi connectivity index (χ2n) is 6.75. The second kappa shape index (κ2) is 7.55. The molecule has 0 radical (unpaired) electrons. The van der Waals surface area contributed by atoms with Gasteiger partial charge in [-0.2, -0.15) is 0 Å². The smallest absolute Gasteiger partial charge is 0.347 e. The van der Waals surface area contributed by atoms with Crippen LogP contribution >= 0.6 is 11.3 Å². The summed E-state index contributed by atoms with van der Waals surface area (Å²) in [5, 5.41) is 16.3. The number of carboxylic acid groups (broad SMARTS) is 1. The molecule has 0 bridgehead atoms. The quantitative estimate of drug-likeness (QED) is 0.502. The Kier molecular flexibility index (Phi) is 4.93. The second-order valence-corrected chi connectivity index (χ2v) is 7.76. The molecule has 0 saturated carbocycles. The van der Waals surface area contributed by atoms with Gasteiger partial charge in [0.15, 0.2) is 5.13 Å². The molecule has 1 aromatic carbocycles. The number of anilines is 2. The number of aromatic amines is 1. The lowest BCUT2D eigenvalue weighted by Crippen LogP contribution is -2.39. The molecule has 2 aromatic heterocycles. The Morgan fingerprint density at radius 2 is 2.21 bits per heavy atom. The Bertz CT molecular complexity index is 1150. The molecule has 10 heteroatoms. The molecule has 1 aliphatic rings. The molecule has 1 unspecified atom stereocenters. The number of nitrogens with zero attached hydrogens (tertiary/aromatic N) is 2. The highest BCUT2D eigenvalue weighted by Crippen LogP contribution is 2.26. The van der Waals surface area contributed by atoms with Crippen molar-refractivity contribution < 1.29 is 14.7 Å². The van der Waals surface area contributed by atoms with Gasteiger partial charge in [0, 0.05) is 31.6 Å². The Morgan fingerprint density at radius 3 is 2.93 bits per heavy atom. The van der Waals surface area contributed by atoms with Gasteiger partial charge in [0.05, 0.1) is 17.4 Å². The molecule has 3 heterocycles. The number of aromatic nitrogens is 2. The van der Waals surface area contributed by atoms with Crippen molar-refractivity contribution in [3.63, 3.8) is 0 Å². The summed E-state index contributed by atoms with van der Waals surface area (Å²) in [6, 6.07) is 6.97. The van der Waals surface area contributed by atoms with Crippen molar-refractivity contribution >= 4 is 44.9 Å². The molecule has 29 heavy (non-hydrogen) atoms. The fourth-order valence-corrected chi connectivity index (χ4v) is 4.22. The topological polar surface area (TPSA) is 127 Å². The van der Waals surface area contributed by atoms with E-state index in [9.17, 15) is 14.4 Å². The zero-order valence-electron chi connectivity index (χ0n) is 15.6. The molecule has 0 aliphatic carbocycles. The number of benzene rings is 1. The van der Waals surface area contributed by atoms with E-state index >= 15 is 0 Å². The third-order valence-electron chi connectivity index (χ3n) is 4.89. The number of para-hydroxylation sites is 1. The first-order valence-corrected chi connectivity index (χ1v) is 9.86. The zero-order chi connectivity index (χ0) is 20.5. The Hall–Kier alpha value is -3.40. The molecule has 9 nitrogen and oxygen atoms in total. The average molecular weight is 413 g/mol. The lowest BCUT2D eigenvalue weighted by atomic mass is 10.1. The fraction of sp³-hybridized carbons (Fsp3) is 0.263. The van der Waals surface area contributed by atoms with Crippen molar-refractivity contribution in [3.05, 3.63) is 51.3 Å². The number of hydrogen-bond acceptors (Lipinski definition) is 7. The van der Waals surface area contributed by atoms with E-state index in [-0.39, 0.29) is 16.5 Å². The van der Waals surface area contributed by atoms with Gasteiger partial charge in [0.1, 0.15) is 10.4 Å². The SMILES string of the molecule is CNc1cccc2cc(C(=O)NC3CCN(c4ncc(C(=O)O)s4)C3)c(=O)[nH]c12. The maximum atomic E-state index is 12.7. The minimum Gasteiger partial charge on any atom is -0.477 e. The van der Waals surface area contributed by atoms with Crippen molar-refractivity contribution in [3.8, 4) is 0 Å². The average Bonchev–Trinajstić information content (AvgIpc) is 3.36. The standard InChI is InChI=1S/C19H19N5O4S/c1-20-13-4-2-3-10-7-12(17(26)23-15(10)13)16(25)22-11-5-6-24(9-11)19-21-8-14(29-19)18(27)28/h2-4,7-8,11,20H,5-6,9H2,1H3,(H,22,25)(H,23,26)(H,27,28). The molecule has 0 spiro atoms. The molecule has 1 amide bonds. The van der Waals surface area contributed by atoms with Crippen molar-refractivity contribution in [1.29, 1.82) is 0 Å². The summed E-state index contributed by atoms with van der Waals surface area (Å²) in [7, 11) is 1.77. The first-order chi connectivity index (χ1) is 14.0. The Labute approximate surface area is 169 Å². The van der Waals surface area contributed by atoms with Gasteiger partial charge in [-0.1, -0.05) is 23.5 Å². The minimum absolute atomic E-state index is 0.0617. The van der Waals surface area contributed by atoms with Crippen LogP contribution in [0.3, 0.4) is 0 Å². The van der Waals surface area contributed by atoms with E-state index in [0.717, 1.165) is 22.4 Å². The number of nitrogens with one attached hydrogen (secondary N) is 3. The maximum Gasteiger partial charge on any atom is 0.347 e. The van der Waals surface area contributed by atoms with E-state index in [1.54, 1.807) is 13.1 Å². The van der Waals surface area contributed by atoms with Crippen LogP contribution in [-0.2, 0) is 0 Å². The predicted octanol–water partition coefficient (Wildman–Crippen LogP) is 1.73. The lowest BCUT2D eigenvalue weighted by Gasteiger charge is -2.16. The number of pyridine rings is 1. The fourth-order valence-electron chi connectivity index (χ4n) is 3.43. The molecule has 4 N–H and O–H groups in total. The monoisotopic (exact) mass is 413 g/mol. The van der Waals surface area contributed by atoms with Gasteiger partial charge in [-0.25, -0.2) is 9.78 Å². The summed E-state index contributed by atoms with van der Waals surface area (Å²) in [5.74, 6) is -1.44. The van der Waals surface area contributed by atoms with Crippen LogP contribution in [0.15, 0.2) is 35.3 Å². The molecule has 3 aromatic rings. The van der Waals surface area contributed by atoms with Gasteiger partial charge in [-0.05, 0) is 18.6 Å². The van der Waals surface area contributed by atoms with Crippen LogP contribution in [0, 0.1) is 0 Å². The van der Waals surface area contributed by atoms with Gasteiger partial charge >= 0.3 is 5.97 Å². The van der Waals surface area contributed by atoms with Crippen molar-refractivity contribution in [2.75, 3.05) is 30.4 Å². The highest BCUT2D eigenvalue weighted by molar-refractivity contribution is 7.17. The van der Waals surface area contributed by atoms with E-state index in [1.807, 2.05) is 23.1 Å². The van der Waals surface area contributed by atoms with Crippen molar-refractivity contribution in [2.24, 2.45) is 0 Å². The number of carboxylic acids is 1. The van der Waals surface area contributed by atoms with Crippen LogP contribution < -0.4 is 21.1 Å². The highest BCUT2D eigenvalue weighted by atomic mass is 32.1. The van der Waals surface area contributed by atoms with E-state index in [2.05, 4.69) is 20.6 Å². The summed E-state index contributed by atoms with van der Waals surface area (Å²) in [5.41, 5.74) is 1.05. The molecule has 1 aliphatic heterocycles. The largest absolute Gasteiger partial charge is 0.477 e. The minimum atomic E-state index is -1.00. The van der Waals surface area contributed by atoms with Gasteiger partial charge in [0.2, 0.25) is 0 Å². The summed E-state index contributed by atoms with van der Waals surface area (Å²) in [4.78, 5) is 45.2. The van der Waals surface area contributed by atoms with Gasteiger partial charge in [0.25, 0.3) is 11.5 Å². The van der Waals surface area contributed by atoms with E-state index < -0.39 is 17.4 Å². The van der Waals surface area contributed by atoms with Gasteiger partial charge in [-0.3, -0.25) is 9.59 Å². The molecular weight excluding hydrogens is 394 g/mol. The normalized spacial score (nSPS) is 16.2. The predicted molar refractivity (Wildman–Crippen MR) is 111 cm³/mol. The van der Waals surface area contributed by atoms with Crippen LogP contribution in [0.1, 0.15) is 26.5 Å². The third-order valence-corrected chi connectivity index (χ3v) is 5.94. The number of fused-ring (bicyclic) bond motifs is 1. The number of carbonyl (C=O) groups excluding carboxylic acids is 1. The highest BCUT2D eigenvalue weighted by Gasteiger charge is 2.27. The van der Waals surface area contributed by atoms with Crippen LogP contribution in [0.4, 0.5) is 10.8 Å². The van der Waals surface area contributed by atoms with Gasteiger partial charge in [-0.15, -0.1) is 0 Å². The molecular formula is C19H19N5O4S. The van der Waals surface area contributed by atoms with E-state index in [4.69, 9.17) is 5.11 Å². The number of hydrogen-bond donors (Lipinski definition) is 4. The summed E-state index contributed by atoms with van der Waals surface area (Å²) >= 11 is 1.10. The number of H-pyrrole nitrogens is 1. The number of rotatable bonds is 5. The van der Waals surface area contributed by atoms with Crippen molar-refractivity contribution in [1.82, 2.24) is 15.3 Å². The van der Waals surface area contributed by atoms with Crippen LogP contribution in [0.2, 0.25) is 0 Å². The summed E-state index contributed by atoms with van der Waals surface area (Å²) < 4.78 is 0. The van der Waals surface area contributed by atoms with Crippen LogP contribution in [0.25, 0.3) is 10.9 Å². The van der Waals surface area contributed by atoms with Crippen LogP contribution in [-0.4, -0.2) is 53.1 Å². The molecule has 150 valence electrons. The summed E-state index contributed by atoms with van der Waals surface area (Å²) in [6.45, 7) is 1.16. The summed E-state index contributed by atoms with van der Waals surface area (Å²) in [6.07, 6.45) is 2.02. The Morgan fingerprint density at radius 1 is 1.38 bits per heavy atom. The van der Waals surface area contributed by atoms with Gasteiger partial charge < -0.3 is 25.6 Å². The number of amides is 1. The number of thiazole rings is 1. The first-order valence-electron chi connectivity index (χ1n) is 9.05. The van der Waals surface area contributed by atoms with E-state index in [1.165, 1.54) is 6.20 Å². The zero-order valence-corrected chi connectivity index (χ0v) is 16.4. The third kappa shape index (κ3) is 3.66. The first kappa shape index (κ1) is 18.9. The lowest BCUT2D eigenvalue weighted by molar-refractivity contribution is 0.0701. The van der Waals surface area contributed by atoms with E-state index in [0.29, 0.717) is 30.2 Å². The molecule has 4 rings (SSSR count). The molecule has 1 atom stereocenters. The number of aromatic carboxylic acids is 1. The molecule has 1 saturated heterocycles. The maximum absolute atomic E-state index is 12.7. The Balaban J connectivity index is 1.49. The molecule has 1 fully saturated rings. The van der Waals surface area contributed by atoms with Crippen molar-refractivity contribution in [2.45, 2.75) is 12.5 Å². The number of carbonyl (C=O) groups is 2.